The van der Waals surface area contributed by atoms with E-state index in [0.717, 1.165) is 6.07 Å². The lowest BCUT2D eigenvalue weighted by molar-refractivity contribution is -0.121. The van der Waals surface area contributed by atoms with Crippen molar-refractivity contribution in [3.05, 3.63) is 53.8 Å². The smallest absolute Gasteiger partial charge is 0.387 e. The zero-order valence-electron chi connectivity index (χ0n) is 17.2. The molecule has 3 rings (SSSR count). The number of likely N-dealkylation sites (tertiary alicyclic amines) is 1. The number of carbonyl (C=O) groups excluding carboxylic acids is 3. The second-order valence-electron chi connectivity index (χ2n) is 7.33. The topological polar surface area (TPSA) is 87.7 Å². The molecule has 1 aliphatic rings. The predicted octanol–water partition coefficient (Wildman–Crippen LogP) is 3.88. The van der Waals surface area contributed by atoms with Gasteiger partial charge >= 0.3 is 6.61 Å². The van der Waals surface area contributed by atoms with E-state index in [1.54, 1.807) is 0 Å². The van der Waals surface area contributed by atoms with Gasteiger partial charge in [0.05, 0.1) is 17.2 Å². The number of nitrogens with one attached hydrogen (secondary N) is 2. The molecule has 1 unspecified atom stereocenters. The van der Waals surface area contributed by atoms with Crippen molar-refractivity contribution in [2.45, 2.75) is 26.4 Å². The van der Waals surface area contributed by atoms with Crippen molar-refractivity contribution in [3.63, 3.8) is 0 Å². The zero-order valence-corrected chi connectivity index (χ0v) is 17.2. The van der Waals surface area contributed by atoms with Gasteiger partial charge in [-0.3, -0.25) is 14.4 Å². The normalized spacial score (nSPS) is 15.9. The maximum absolute atomic E-state index is 14.1. The Morgan fingerprint density at radius 2 is 1.88 bits per heavy atom. The fourth-order valence-electron chi connectivity index (χ4n) is 3.52. The molecule has 1 fully saturated rings. The third-order valence-corrected chi connectivity index (χ3v) is 4.96. The monoisotopic (exact) mass is 449 g/mol. The summed E-state index contributed by atoms with van der Waals surface area (Å²) in [5.41, 5.74) is 0.202. The molecule has 1 saturated heterocycles. The van der Waals surface area contributed by atoms with Crippen LogP contribution in [0.5, 0.6) is 5.75 Å². The number of para-hydroxylation sites is 1. The van der Waals surface area contributed by atoms with Gasteiger partial charge in [-0.25, -0.2) is 4.39 Å². The number of amides is 3. The molecule has 2 aromatic rings. The fraction of sp³-hybridized carbons (Fsp3) is 0.318. The van der Waals surface area contributed by atoms with Crippen LogP contribution in [0.4, 0.5) is 24.5 Å². The number of piperidine rings is 1. The van der Waals surface area contributed by atoms with Crippen LogP contribution in [-0.4, -0.2) is 42.3 Å². The van der Waals surface area contributed by atoms with Crippen LogP contribution in [0.25, 0.3) is 0 Å². The second-order valence-corrected chi connectivity index (χ2v) is 7.33. The quantitative estimate of drug-likeness (QED) is 0.701. The lowest BCUT2D eigenvalue weighted by Gasteiger charge is -2.32. The molecule has 1 aliphatic heterocycles. The highest BCUT2D eigenvalue weighted by molar-refractivity contribution is 5.98. The molecule has 0 aromatic heterocycles. The number of carbonyl (C=O) groups is 3. The minimum Gasteiger partial charge on any atom is -0.434 e. The van der Waals surface area contributed by atoms with Gasteiger partial charge in [0.15, 0.2) is 0 Å². The Hall–Kier alpha value is -3.56. The average Bonchev–Trinajstić information content (AvgIpc) is 2.75. The van der Waals surface area contributed by atoms with Gasteiger partial charge in [0.1, 0.15) is 11.6 Å². The summed E-state index contributed by atoms with van der Waals surface area (Å²) >= 11 is 0. The van der Waals surface area contributed by atoms with Crippen LogP contribution < -0.4 is 15.4 Å². The third-order valence-electron chi connectivity index (χ3n) is 4.96. The number of nitrogens with zero attached hydrogens (tertiary/aromatic N) is 1. The summed E-state index contributed by atoms with van der Waals surface area (Å²) < 4.78 is 43.9. The Kier molecular flexibility index (Phi) is 7.34. The Labute approximate surface area is 182 Å². The maximum Gasteiger partial charge on any atom is 0.387 e. The summed E-state index contributed by atoms with van der Waals surface area (Å²) in [7, 11) is 0. The second kappa shape index (κ2) is 10.2. The highest BCUT2D eigenvalue weighted by atomic mass is 19.3. The van der Waals surface area contributed by atoms with Gasteiger partial charge in [-0.15, -0.1) is 0 Å². The minimum absolute atomic E-state index is 0.0251. The van der Waals surface area contributed by atoms with Gasteiger partial charge in [0, 0.05) is 25.7 Å². The number of ether oxygens (including phenoxy) is 1. The molecule has 170 valence electrons. The molecule has 1 heterocycles. The molecule has 1 atom stereocenters. The highest BCUT2D eigenvalue weighted by Gasteiger charge is 2.30. The SMILES string of the molecule is CC(=O)Nc1ccc(F)c(NC(=O)C2CCCN(C(=O)c3ccccc3OC(F)F)C2)c1. The first-order valence-electron chi connectivity index (χ1n) is 9.95. The predicted molar refractivity (Wildman–Crippen MR) is 111 cm³/mol. The molecule has 32 heavy (non-hydrogen) atoms. The van der Waals surface area contributed by atoms with E-state index >= 15 is 0 Å². The van der Waals surface area contributed by atoms with Gasteiger partial charge in [-0.05, 0) is 43.2 Å². The van der Waals surface area contributed by atoms with Crippen LogP contribution in [0.15, 0.2) is 42.5 Å². The summed E-state index contributed by atoms with van der Waals surface area (Å²) in [6.07, 6.45) is 0.980. The number of hydrogen-bond acceptors (Lipinski definition) is 4. The maximum atomic E-state index is 14.1. The van der Waals surface area contributed by atoms with E-state index in [-0.39, 0.29) is 29.5 Å². The number of benzene rings is 2. The number of rotatable bonds is 6. The number of halogens is 3. The standard InChI is InChI=1S/C22H22F3N3O4/c1-13(29)26-15-8-9-17(23)18(11-15)27-20(30)14-5-4-10-28(12-14)21(31)16-6-2-3-7-19(16)32-22(24)25/h2-3,6-9,11,14,22H,4-5,10,12H2,1H3,(H,26,29)(H,27,30). The Bertz CT molecular complexity index is 1020. The van der Waals surface area contributed by atoms with Gasteiger partial charge in [0.25, 0.3) is 5.91 Å². The van der Waals surface area contributed by atoms with Gasteiger partial charge in [0.2, 0.25) is 11.8 Å². The van der Waals surface area contributed by atoms with Crippen molar-refractivity contribution in [3.8, 4) is 5.75 Å². The first kappa shape index (κ1) is 23.1. The molecule has 0 saturated carbocycles. The molecule has 3 amide bonds. The third kappa shape index (κ3) is 5.77. The Morgan fingerprint density at radius 3 is 2.59 bits per heavy atom. The summed E-state index contributed by atoms with van der Waals surface area (Å²) in [5.74, 6) is -2.90. The largest absolute Gasteiger partial charge is 0.434 e. The van der Waals surface area contributed by atoms with E-state index in [4.69, 9.17) is 0 Å². The molecule has 0 radical (unpaired) electrons. The van der Waals surface area contributed by atoms with Crippen molar-refractivity contribution in [2.24, 2.45) is 5.92 Å². The van der Waals surface area contributed by atoms with E-state index in [2.05, 4.69) is 15.4 Å². The number of anilines is 2. The van der Waals surface area contributed by atoms with Crippen LogP contribution in [0, 0.1) is 11.7 Å². The molecule has 2 aromatic carbocycles. The van der Waals surface area contributed by atoms with Crippen molar-refractivity contribution < 1.29 is 32.3 Å². The summed E-state index contributed by atoms with van der Waals surface area (Å²) in [6.45, 7) is -1.38. The van der Waals surface area contributed by atoms with Gasteiger partial charge < -0.3 is 20.3 Å². The van der Waals surface area contributed by atoms with Crippen molar-refractivity contribution in [1.82, 2.24) is 4.90 Å². The first-order valence-corrected chi connectivity index (χ1v) is 9.95. The van der Waals surface area contributed by atoms with E-state index in [1.807, 2.05) is 0 Å². The zero-order chi connectivity index (χ0) is 23.3. The van der Waals surface area contributed by atoms with Crippen LogP contribution >= 0.6 is 0 Å². The number of alkyl halides is 2. The highest BCUT2D eigenvalue weighted by Crippen LogP contribution is 2.26. The van der Waals surface area contributed by atoms with Crippen LogP contribution in [0.1, 0.15) is 30.1 Å². The molecule has 0 aliphatic carbocycles. The van der Waals surface area contributed by atoms with E-state index < -0.39 is 30.2 Å². The molecule has 0 bridgehead atoms. The first-order chi connectivity index (χ1) is 15.2. The van der Waals surface area contributed by atoms with Crippen molar-refractivity contribution >= 4 is 29.1 Å². The summed E-state index contributed by atoms with van der Waals surface area (Å²) in [5, 5.41) is 5.01. The molecule has 2 N–H and O–H groups in total. The lowest BCUT2D eigenvalue weighted by atomic mass is 9.96. The molecule has 7 nitrogen and oxygen atoms in total. The molecule has 0 spiro atoms. The van der Waals surface area contributed by atoms with E-state index in [9.17, 15) is 27.6 Å². The van der Waals surface area contributed by atoms with Gasteiger partial charge in [-0.2, -0.15) is 8.78 Å². The fourth-order valence-corrected chi connectivity index (χ4v) is 3.52. The summed E-state index contributed by atoms with van der Waals surface area (Å²) in [6, 6.07) is 9.46. The van der Waals surface area contributed by atoms with Crippen molar-refractivity contribution in [1.29, 1.82) is 0 Å². The van der Waals surface area contributed by atoms with Crippen LogP contribution in [0.3, 0.4) is 0 Å². The number of hydrogen-bond donors (Lipinski definition) is 2. The Balaban J connectivity index is 1.71. The van der Waals surface area contributed by atoms with Crippen molar-refractivity contribution in [2.75, 3.05) is 23.7 Å². The molecular formula is C22H22F3N3O4. The van der Waals surface area contributed by atoms with Crippen LogP contribution in [-0.2, 0) is 9.59 Å². The lowest BCUT2D eigenvalue weighted by Crippen LogP contribution is -2.44. The van der Waals surface area contributed by atoms with Crippen LogP contribution in [0.2, 0.25) is 0 Å². The molecular weight excluding hydrogens is 427 g/mol. The van der Waals surface area contributed by atoms with E-state index in [1.165, 1.54) is 48.2 Å². The molecule has 10 heteroatoms. The minimum atomic E-state index is -3.08. The summed E-state index contributed by atoms with van der Waals surface area (Å²) in [4.78, 5) is 38.2. The van der Waals surface area contributed by atoms with E-state index in [0.29, 0.717) is 25.1 Å². The average molecular weight is 449 g/mol. The Morgan fingerprint density at radius 1 is 1.12 bits per heavy atom. The van der Waals surface area contributed by atoms with Gasteiger partial charge in [-0.1, -0.05) is 12.1 Å².